The molecular formula is C22H17FN4O3S. The van der Waals surface area contributed by atoms with E-state index in [9.17, 15) is 18.8 Å². The number of halogens is 1. The Bertz CT molecular complexity index is 1420. The van der Waals surface area contributed by atoms with E-state index in [0.29, 0.717) is 18.7 Å². The van der Waals surface area contributed by atoms with Gasteiger partial charge in [0.15, 0.2) is 5.52 Å². The van der Waals surface area contributed by atoms with Gasteiger partial charge in [0.1, 0.15) is 10.7 Å². The summed E-state index contributed by atoms with van der Waals surface area (Å²) >= 11 is 0.911. The molecule has 3 heterocycles. The molecule has 0 aliphatic carbocycles. The summed E-state index contributed by atoms with van der Waals surface area (Å²) in [5.41, 5.74) is 1.91. The highest BCUT2D eigenvalue weighted by atomic mass is 32.1. The van der Waals surface area contributed by atoms with Gasteiger partial charge in [0.25, 0.3) is 11.5 Å². The van der Waals surface area contributed by atoms with Crippen molar-refractivity contribution in [2.24, 2.45) is 0 Å². The highest BCUT2D eigenvalue weighted by molar-refractivity contribution is 7.09. The molecular weight excluding hydrogens is 419 g/mol. The fourth-order valence-corrected chi connectivity index (χ4v) is 4.62. The third-order valence-electron chi connectivity index (χ3n) is 5.48. The molecule has 0 unspecified atom stereocenters. The van der Waals surface area contributed by atoms with Crippen molar-refractivity contribution in [3.63, 3.8) is 0 Å². The number of carbonyl (C=O) groups excluding carboxylic acids is 1. The molecule has 1 aliphatic heterocycles. The predicted molar refractivity (Wildman–Crippen MR) is 115 cm³/mol. The summed E-state index contributed by atoms with van der Waals surface area (Å²) in [7, 11) is 0. The number of benzene rings is 2. The van der Waals surface area contributed by atoms with Gasteiger partial charge in [-0.15, -0.1) is 0 Å². The van der Waals surface area contributed by atoms with Crippen LogP contribution in [0.5, 0.6) is 0 Å². The van der Waals surface area contributed by atoms with Crippen molar-refractivity contribution < 1.29 is 9.18 Å². The van der Waals surface area contributed by atoms with Gasteiger partial charge in [-0.2, -0.15) is 4.37 Å². The van der Waals surface area contributed by atoms with E-state index in [1.165, 1.54) is 29.8 Å². The minimum absolute atomic E-state index is 0.0197. The largest absolute Gasteiger partial charge is 0.333 e. The van der Waals surface area contributed by atoms with Crippen LogP contribution in [0.15, 0.2) is 58.1 Å². The molecule has 0 fully saturated rings. The first kappa shape index (κ1) is 19.4. The molecule has 0 atom stereocenters. The molecule has 7 nitrogen and oxygen atoms in total. The van der Waals surface area contributed by atoms with Crippen molar-refractivity contribution in [3.8, 4) is 0 Å². The molecule has 1 aliphatic rings. The van der Waals surface area contributed by atoms with Crippen LogP contribution in [0.2, 0.25) is 0 Å². The minimum Gasteiger partial charge on any atom is -0.333 e. The lowest BCUT2D eigenvalue weighted by molar-refractivity contribution is 0.0741. The van der Waals surface area contributed by atoms with Crippen molar-refractivity contribution in [2.75, 3.05) is 6.54 Å². The summed E-state index contributed by atoms with van der Waals surface area (Å²) in [5.74, 6) is -0.656. The molecule has 2 aromatic heterocycles. The van der Waals surface area contributed by atoms with Gasteiger partial charge in [0.2, 0.25) is 0 Å². The lowest BCUT2D eigenvalue weighted by Gasteiger charge is -2.28. The van der Waals surface area contributed by atoms with Gasteiger partial charge in [0.05, 0.1) is 12.1 Å². The van der Waals surface area contributed by atoms with E-state index in [2.05, 4.69) is 15.4 Å². The molecule has 0 spiro atoms. The Morgan fingerprint density at radius 2 is 1.84 bits per heavy atom. The molecule has 1 amide bonds. The van der Waals surface area contributed by atoms with Crippen LogP contribution in [0.25, 0.3) is 11.0 Å². The van der Waals surface area contributed by atoms with Crippen LogP contribution in [0, 0.1) is 5.82 Å². The highest BCUT2D eigenvalue weighted by Gasteiger charge is 2.26. The maximum absolute atomic E-state index is 13.1. The number of hydrogen-bond donors (Lipinski definition) is 1. The van der Waals surface area contributed by atoms with E-state index >= 15 is 0 Å². The zero-order valence-corrected chi connectivity index (χ0v) is 17.1. The zero-order valence-electron chi connectivity index (χ0n) is 16.3. The van der Waals surface area contributed by atoms with Gasteiger partial charge in [-0.1, -0.05) is 36.4 Å². The number of hydrogen-bond acceptors (Lipinski definition) is 5. The standard InChI is InChI=1S/C22H17FN4O3S/c23-16-7-5-13(6-8-16)11-27-20(28)18-17(24-22(27)30)19(31-25-18)21(29)26-10-9-14-3-1-2-4-15(14)12-26/h1-8H,9-12H2,(H,24,30). The fraction of sp³-hybridized carbons (Fsp3) is 0.182. The molecule has 2 aromatic carbocycles. The average molecular weight is 436 g/mol. The number of fused-ring (bicyclic) bond motifs is 2. The van der Waals surface area contributed by atoms with Crippen LogP contribution in [0.3, 0.4) is 0 Å². The smallest absolute Gasteiger partial charge is 0.329 e. The molecule has 0 saturated heterocycles. The monoisotopic (exact) mass is 436 g/mol. The number of nitrogens with one attached hydrogen (secondary N) is 1. The van der Waals surface area contributed by atoms with E-state index in [4.69, 9.17) is 0 Å². The second-order valence-electron chi connectivity index (χ2n) is 7.43. The molecule has 1 N–H and O–H groups in total. The lowest BCUT2D eigenvalue weighted by Crippen LogP contribution is -2.37. The summed E-state index contributed by atoms with van der Waals surface area (Å²) in [5, 5.41) is 0. The van der Waals surface area contributed by atoms with E-state index < -0.39 is 17.1 Å². The van der Waals surface area contributed by atoms with Gasteiger partial charge in [-0.3, -0.25) is 14.2 Å². The van der Waals surface area contributed by atoms with Crippen molar-refractivity contribution in [1.82, 2.24) is 18.8 Å². The van der Waals surface area contributed by atoms with Crippen molar-refractivity contribution in [3.05, 3.63) is 96.8 Å². The predicted octanol–water partition coefficient (Wildman–Crippen LogP) is 2.53. The molecule has 9 heteroatoms. The van der Waals surface area contributed by atoms with Crippen molar-refractivity contribution >= 4 is 28.5 Å². The molecule has 0 radical (unpaired) electrons. The first-order valence-electron chi connectivity index (χ1n) is 9.74. The Hall–Kier alpha value is -3.59. The van der Waals surface area contributed by atoms with Gasteiger partial charge in [-0.05, 0) is 46.8 Å². The summed E-state index contributed by atoms with van der Waals surface area (Å²) < 4.78 is 18.3. The van der Waals surface area contributed by atoms with Gasteiger partial charge < -0.3 is 9.88 Å². The Morgan fingerprint density at radius 1 is 1.10 bits per heavy atom. The molecule has 4 aromatic rings. The van der Waals surface area contributed by atoms with Crippen molar-refractivity contribution in [1.29, 1.82) is 0 Å². The quantitative estimate of drug-likeness (QED) is 0.535. The summed E-state index contributed by atoms with van der Waals surface area (Å²) in [6, 6.07) is 13.5. The van der Waals surface area contributed by atoms with Gasteiger partial charge in [0, 0.05) is 13.1 Å². The highest BCUT2D eigenvalue weighted by Crippen LogP contribution is 2.24. The molecule has 0 saturated carbocycles. The van der Waals surface area contributed by atoms with Crippen LogP contribution in [0.4, 0.5) is 4.39 Å². The molecule has 31 heavy (non-hydrogen) atoms. The van der Waals surface area contributed by atoms with Crippen LogP contribution in [0.1, 0.15) is 26.4 Å². The second-order valence-corrected chi connectivity index (χ2v) is 8.20. The number of rotatable bonds is 3. The number of aromatic nitrogens is 3. The second kappa shape index (κ2) is 7.59. The van der Waals surface area contributed by atoms with Crippen LogP contribution in [-0.4, -0.2) is 31.3 Å². The Morgan fingerprint density at radius 3 is 2.61 bits per heavy atom. The van der Waals surface area contributed by atoms with Crippen LogP contribution < -0.4 is 11.2 Å². The van der Waals surface area contributed by atoms with Crippen LogP contribution in [-0.2, 0) is 19.5 Å². The maximum atomic E-state index is 13.1. The zero-order chi connectivity index (χ0) is 21.5. The number of nitrogens with zero attached hydrogens (tertiary/aromatic N) is 3. The number of H-pyrrole nitrogens is 1. The van der Waals surface area contributed by atoms with E-state index in [-0.39, 0.29) is 28.4 Å². The van der Waals surface area contributed by atoms with E-state index in [0.717, 1.165) is 28.1 Å². The normalized spacial score (nSPS) is 13.4. The number of aromatic amines is 1. The first-order valence-corrected chi connectivity index (χ1v) is 10.5. The van der Waals surface area contributed by atoms with Crippen molar-refractivity contribution in [2.45, 2.75) is 19.5 Å². The topological polar surface area (TPSA) is 88.1 Å². The average Bonchev–Trinajstić information content (AvgIpc) is 3.21. The van der Waals surface area contributed by atoms with Crippen LogP contribution >= 0.6 is 11.5 Å². The minimum atomic E-state index is -0.639. The lowest BCUT2D eigenvalue weighted by atomic mass is 10.00. The Labute approximate surface area is 179 Å². The first-order chi connectivity index (χ1) is 15.0. The molecule has 0 bridgehead atoms. The SMILES string of the molecule is O=C(c1snc2c(=O)n(Cc3ccc(F)cc3)c(=O)[nH]c12)N1CCc2ccccc2C1. The van der Waals surface area contributed by atoms with E-state index in [1.54, 1.807) is 4.90 Å². The summed E-state index contributed by atoms with van der Waals surface area (Å²) in [6.07, 6.45) is 0.750. The Kier molecular flexibility index (Phi) is 4.74. The summed E-state index contributed by atoms with van der Waals surface area (Å²) in [4.78, 5) is 43.3. The number of amides is 1. The van der Waals surface area contributed by atoms with Gasteiger partial charge in [-0.25, -0.2) is 9.18 Å². The third kappa shape index (κ3) is 3.46. The van der Waals surface area contributed by atoms with E-state index in [1.807, 2.05) is 18.2 Å². The summed E-state index contributed by atoms with van der Waals surface area (Å²) in [6.45, 7) is 1.01. The molecule has 156 valence electrons. The number of carbonyl (C=O) groups is 1. The fourth-order valence-electron chi connectivity index (χ4n) is 3.82. The Balaban J connectivity index is 1.49. The third-order valence-corrected chi connectivity index (χ3v) is 6.32. The van der Waals surface area contributed by atoms with Gasteiger partial charge >= 0.3 is 5.69 Å². The molecule has 5 rings (SSSR count). The maximum Gasteiger partial charge on any atom is 0.329 e.